The lowest BCUT2D eigenvalue weighted by molar-refractivity contribution is -0.119. The monoisotopic (exact) mass is 379 g/mol. The Morgan fingerprint density at radius 1 is 1.11 bits per heavy atom. The number of aromatic nitrogens is 2. The number of amides is 1. The molecule has 0 spiro atoms. The number of rotatable bonds is 6. The number of hydrogen-bond acceptors (Lipinski definition) is 5. The van der Waals surface area contributed by atoms with Crippen LogP contribution < -0.4 is 10.9 Å². The SMILES string of the molecule is CC[C@H](C)c1ccc(NC(=O)COC(=O)c2n[nH]c(=O)c3ccccc23)cc1. The molecule has 0 bridgehead atoms. The molecule has 0 saturated heterocycles. The standard InChI is InChI=1S/C21H21N3O4/c1-3-13(2)14-8-10-15(11-9-14)22-18(25)12-28-21(27)19-16-6-4-5-7-17(16)20(26)24-23-19/h4-11,13H,3,12H2,1-2H3,(H,22,25)(H,24,26)/t13-/m0/s1. The first-order valence-corrected chi connectivity index (χ1v) is 9.04. The zero-order chi connectivity index (χ0) is 20.1. The number of anilines is 1. The molecular weight excluding hydrogens is 358 g/mol. The molecular formula is C21H21N3O4. The molecule has 28 heavy (non-hydrogen) atoms. The smallest absolute Gasteiger partial charge is 0.359 e. The fourth-order valence-corrected chi connectivity index (χ4v) is 2.80. The van der Waals surface area contributed by atoms with E-state index in [0.717, 1.165) is 6.42 Å². The zero-order valence-corrected chi connectivity index (χ0v) is 15.7. The van der Waals surface area contributed by atoms with Crippen molar-refractivity contribution in [1.82, 2.24) is 10.2 Å². The van der Waals surface area contributed by atoms with Crippen molar-refractivity contribution >= 4 is 28.3 Å². The van der Waals surface area contributed by atoms with Gasteiger partial charge in [-0.05, 0) is 36.1 Å². The van der Waals surface area contributed by atoms with Crippen LogP contribution in [0.2, 0.25) is 0 Å². The largest absolute Gasteiger partial charge is 0.451 e. The highest BCUT2D eigenvalue weighted by molar-refractivity contribution is 6.03. The van der Waals surface area contributed by atoms with Gasteiger partial charge in [-0.3, -0.25) is 9.59 Å². The first-order chi connectivity index (χ1) is 13.5. The van der Waals surface area contributed by atoms with Crippen LogP contribution in [0.25, 0.3) is 10.8 Å². The molecule has 2 aromatic carbocycles. The Hall–Kier alpha value is -3.48. The molecule has 144 valence electrons. The van der Waals surface area contributed by atoms with Crippen LogP contribution >= 0.6 is 0 Å². The minimum atomic E-state index is -0.783. The van der Waals surface area contributed by atoms with Crippen LogP contribution in [0.5, 0.6) is 0 Å². The number of nitrogens with zero attached hydrogens (tertiary/aromatic N) is 1. The van der Waals surface area contributed by atoms with Crippen molar-refractivity contribution in [3.63, 3.8) is 0 Å². The van der Waals surface area contributed by atoms with Crippen molar-refractivity contribution < 1.29 is 14.3 Å². The molecule has 2 N–H and O–H groups in total. The van der Waals surface area contributed by atoms with Crippen molar-refractivity contribution in [2.75, 3.05) is 11.9 Å². The maximum atomic E-state index is 12.3. The number of carbonyl (C=O) groups excluding carboxylic acids is 2. The van der Waals surface area contributed by atoms with E-state index in [1.54, 1.807) is 24.3 Å². The van der Waals surface area contributed by atoms with Crippen LogP contribution in [0.3, 0.4) is 0 Å². The number of aromatic amines is 1. The number of benzene rings is 2. The summed E-state index contributed by atoms with van der Waals surface area (Å²) < 4.78 is 5.05. The molecule has 7 nitrogen and oxygen atoms in total. The lowest BCUT2D eigenvalue weighted by Crippen LogP contribution is -2.22. The number of nitrogens with one attached hydrogen (secondary N) is 2. The lowest BCUT2D eigenvalue weighted by atomic mass is 9.99. The van der Waals surface area contributed by atoms with Crippen molar-refractivity contribution in [3.05, 3.63) is 70.1 Å². The summed E-state index contributed by atoms with van der Waals surface area (Å²) in [5.74, 6) is -0.793. The number of hydrogen-bond donors (Lipinski definition) is 2. The number of ether oxygens (including phenoxy) is 1. The molecule has 0 aliphatic carbocycles. The summed E-state index contributed by atoms with van der Waals surface area (Å²) >= 11 is 0. The van der Waals surface area contributed by atoms with Gasteiger partial charge in [-0.25, -0.2) is 9.89 Å². The second kappa shape index (κ2) is 8.47. The number of carbonyl (C=O) groups is 2. The van der Waals surface area contributed by atoms with E-state index >= 15 is 0 Å². The third-order valence-corrected chi connectivity index (χ3v) is 4.60. The second-order valence-electron chi connectivity index (χ2n) is 6.50. The Bertz CT molecular complexity index is 1060. The maximum Gasteiger partial charge on any atom is 0.359 e. The molecule has 0 aliphatic rings. The van der Waals surface area contributed by atoms with E-state index in [1.165, 1.54) is 5.56 Å². The van der Waals surface area contributed by atoms with Crippen molar-refractivity contribution in [2.24, 2.45) is 0 Å². The van der Waals surface area contributed by atoms with Crippen LogP contribution in [0.1, 0.15) is 42.2 Å². The highest BCUT2D eigenvalue weighted by Gasteiger charge is 2.17. The van der Waals surface area contributed by atoms with Crippen molar-refractivity contribution in [2.45, 2.75) is 26.2 Å². The molecule has 3 aromatic rings. The Kier molecular flexibility index (Phi) is 5.84. The zero-order valence-electron chi connectivity index (χ0n) is 15.7. The molecule has 0 saturated carbocycles. The van der Waals surface area contributed by atoms with Gasteiger partial charge in [-0.15, -0.1) is 0 Å². The third-order valence-electron chi connectivity index (χ3n) is 4.60. The topological polar surface area (TPSA) is 101 Å². The predicted molar refractivity (Wildman–Crippen MR) is 106 cm³/mol. The molecule has 0 fully saturated rings. The van der Waals surface area contributed by atoms with Gasteiger partial charge < -0.3 is 10.1 Å². The number of H-pyrrole nitrogens is 1. The highest BCUT2D eigenvalue weighted by atomic mass is 16.5. The van der Waals surface area contributed by atoms with Gasteiger partial charge >= 0.3 is 5.97 Å². The van der Waals surface area contributed by atoms with Gasteiger partial charge in [0.2, 0.25) is 0 Å². The van der Waals surface area contributed by atoms with Crippen LogP contribution in [0.15, 0.2) is 53.3 Å². The van der Waals surface area contributed by atoms with Gasteiger partial charge in [0.05, 0.1) is 5.39 Å². The fraction of sp³-hybridized carbons (Fsp3) is 0.238. The lowest BCUT2D eigenvalue weighted by Gasteiger charge is -2.11. The van der Waals surface area contributed by atoms with E-state index in [4.69, 9.17) is 4.74 Å². The van der Waals surface area contributed by atoms with E-state index in [1.807, 2.05) is 24.3 Å². The maximum absolute atomic E-state index is 12.3. The van der Waals surface area contributed by atoms with Crippen LogP contribution in [-0.2, 0) is 9.53 Å². The van der Waals surface area contributed by atoms with Gasteiger partial charge in [-0.1, -0.05) is 44.2 Å². The van der Waals surface area contributed by atoms with Gasteiger partial charge in [0.25, 0.3) is 11.5 Å². The van der Waals surface area contributed by atoms with E-state index in [0.29, 0.717) is 22.4 Å². The third kappa shape index (κ3) is 4.25. The van der Waals surface area contributed by atoms with Crippen LogP contribution in [-0.4, -0.2) is 28.7 Å². The van der Waals surface area contributed by atoms with Crippen LogP contribution in [0.4, 0.5) is 5.69 Å². The molecule has 0 radical (unpaired) electrons. The summed E-state index contributed by atoms with van der Waals surface area (Å²) in [5, 5.41) is 9.41. The second-order valence-corrected chi connectivity index (χ2v) is 6.50. The molecule has 7 heteroatoms. The first-order valence-electron chi connectivity index (χ1n) is 9.04. The Morgan fingerprint density at radius 2 is 1.79 bits per heavy atom. The molecule has 1 aromatic heterocycles. The van der Waals surface area contributed by atoms with Crippen LogP contribution in [0, 0.1) is 0 Å². The number of esters is 1. The average Bonchev–Trinajstić information content (AvgIpc) is 2.72. The van der Waals surface area contributed by atoms with Gasteiger partial charge in [-0.2, -0.15) is 5.10 Å². The molecule has 1 atom stereocenters. The molecule has 1 heterocycles. The summed E-state index contributed by atoms with van der Waals surface area (Å²) in [5.41, 5.74) is 1.38. The Morgan fingerprint density at radius 3 is 2.46 bits per heavy atom. The average molecular weight is 379 g/mol. The van der Waals surface area contributed by atoms with Crippen molar-refractivity contribution in [3.8, 4) is 0 Å². The van der Waals surface area contributed by atoms with E-state index in [-0.39, 0.29) is 5.69 Å². The molecule has 3 rings (SSSR count). The minimum absolute atomic E-state index is 0.0408. The Labute approximate surface area is 161 Å². The molecule has 1 amide bonds. The van der Waals surface area contributed by atoms with E-state index in [9.17, 15) is 14.4 Å². The quantitative estimate of drug-likeness (QED) is 0.640. The number of fused-ring (bicyclic) bond motifs is 1. The summed E-state index contributed by atoms with van der Waals surface area (Å²) in [6.07, 6.45) is 1.04. The predicted octanol–water partition coefficient (Wildman–Crippen LogP) is 3.23. The first kappa shape index (κ1) is 19.3. The fourth-order valence-electron chi connectivity index (χ4n) is 2.80. The normalized spacial score (nSPS) is 11.8. The summed E-state index contributed by atoms with van der Waals surface area (Å²) in [7, 11) is 0. The van der Waals surface area contributed by atoms with Crippen molar-refractivity contribution in [1.29, 1.82) is 0 Å². The van der Waals surface area contributed by atoms with Gasteiger partial charge in [0.15, 0.2) is 12.3 Å². The Balaban J connectivity index is 1.63. The highest BCUT2D eigenvalue weighted by Crippen LogP contribution is 2.20. The minimum Gasteiger partial charge on any atom is -0.451 e. The van der Waals surface area contributed by atoms with Gasteiger partial charge in [0, 0.05) is 11.1 Å². The van der Waals surface area contributed by atoms with E-state index < -0.39 is 24.0 Å². The summed E-state index contributed by atoms with van der Waals surface area (Å²) in [4.78, 5) is 36.1. The summed E-state index contributed by atoms with van der Waals surface area (Å²) in [6.45, 7) is 3.80. The molecule has 0 unspecified atom stereocenters. The van der Waals surface area contributed by atoms with E-state index in [2.05, 4.69) is 29.4 Å². The van der Waals surface area contributed by atoms with Gasteiger partial charge in [0.1, 0.15) is 0 Å². The molecule has 0 aliphatic heterocycles. The summed E-state index contributed by atoms with van der Waals surface area (Å²) in [6, 6.07) is 14.1.